The molecule has 0 saturated carbocycles. The average Bonchev–Trinajstić information content (AvgIpc) is 2.84. The van der Waals surface area contributed by atoms with Crippen molar-refractivity contribution in [1.29, 1.82) is 0 Å². The Bertz CT molecular complexity index is 527. The van der Waals surface area contributed by atoms with Crippen molar-refractivity contribution < 1.29 is 8.60 Å². The molecule has 0 spiro atoms. The molecule has 1 heterocycles. The van der Waals surface area contributed by atoms with Gasteiger partial charge < -0.3 is 0 Å². The van der Waals surface area contributed by atoms with E-state index in [1.165, 1.54) is 5.56 Å². The third kappa shape index (κ3) is 3.37. The second-order valence-corrected chi connectivity index (χ2v) is 8.40. The zero-order chi connectivity index (χ0) is 15.8. The molecule has 2 nitrogen and oxygen atoms in total. The predicted octanol–water partition coefficient (Wildman–Crippen LogP) is 4.06. The number of halogens is 1. The fraction of sp³-hybridized carbons (Fsp3) is 0.647. The van der Waals surface area contributed by atoms with Crippen molar-refractivity contribution in [2.24, 2.45) is 0 Å². The normalized spacial score (nSPS) is 21.7. The Morgan fingerprint density at radius 1 is 1.29 bits per heavy atom. The summed E-state index contributed by atoms with van der Waals surface area (Å²) in [5, 5.41) is 0. The highest BCUT2D eigenvalue weighted by Gasteiger charge is 2.31. The predicted molar refractivity (Wildman–Crippen MR) is 86.7 cm³/mol. The molecule has 1 saturated heterocycles. The van der Waals surface area contributed by atoms with Gasteiger partial charge in [-0.2, -0.15) is 0 Å². The topological polar surface area (TPSA) is 20.3 Å². The van der Waals surface area contributed by atoms with Crippen molar-refractivity contribution in [3.8, 4) is 0 Å². The van der Waals surface area contributed by atoms with E-state index in [1.54, 1.807) is 0 Å². The first-order chi connectivity index (χ1) is 9.75. The van der Waals surface area contributed by atoms with Gasteiger partial charge in [0.05, 0.1) is 10.9 Å². The lowest BCUT2D eigenvalue weighted by Crippen LogP contribution is -2.33. The molecule has 2 rings (SSSR count). The van der Waals surface area contributed by atoms with Crippen LogP contribution in [0.15, 0.2) is 17.0 Å². The average molecular weight is 311 g/mol. The third-order valence-corrected chi connectivity index (χ3v) is 6.12. The van der Waals surface area contributed by atoms with Gasteiger partial charge in [0.2, 0.25) is 0 Å². The van der Waals surface area contributed by atoms with Gasteiger partial charge in [0.25, 0.3) is 0 Å². The molecule has 0 amide bonds. The van der Waals surface area contributed by atoms with Crippen LogP contribution in [0.2, 0.25) is 0 Å². The standard InChI is InChI=1S/C17H26FNOS/c1-12-9-14(17(3,4)5)10-13(2)16(12)21(20)19-8-6-7-15(19)11-18/h9-10,15H,6-8,11H2,1-5H3/t15-,21?/m1/s1. The van der Waals surface area contributed by atoms with E-state index in [1.807, 2.05) is 18.2 Å². The second-order valence-electron chi connectivity index (χ2n) is 7.03. The quantitative estimate of drug-likeness (QED) is 0.824. The van der Waals surface area contributed by atoms with Crippen LogP contribution in [0, 0.1) is 13.8 Å². The maximum absolute atomic E-state index is 13.1. The number of hydrogen-bond acceptors (Lipinski definition) is 1. The summed E-state index contributed by atoms with van der Waals surface area (Å²) in [7, 11) is -1.25. The highest BCUT2D eigenvalue weighted by Crippen LogP contribution is 2.31. The van der Waals surface area contributed by atoms with Crippen molar-refractivity contribution in [2.45, 2.75) is 63.8 Å². The number of rotatable bonds is 3. The maximum atomic E-state index is 13.1. The fourth-order valence-corrected chi connectivity index (χ4v) is 4.59. The van der Waals surface area contributed by atoms with Crippen molar-refractivity contribution in [3.05, 3.63) is 28.8 Å². The molecule has 1 fully saturated rings. The summed E-state index contributed by atoms with van der Waals surface area (Å²) in [6.07, 6.45) is 1.74. The molecule has 0 N–H and O–H groups in total. The van der Waals surface area contributed by atoms with Gasteiger partial charge in [-0.15, -0.1) is 0 Å². The highest BCUT2D eigenvalue weighted by molar-refractivity contribution is 7.82. The number of nitrogens with zero attached hydrogens (tertiary/aromatic N) is 1. The van der Waals surface area contributed by atoms with Gasteiger partial charge in [-0.05, 0) is 48.8 Å². The summed E-state index contributed by atoms with van der Waals surface area (Å²) in [4.78, 5) is 0.864. The van der Waals surface area contributed by atoms with Gasteiger partial charge in [0.15, 0.2) is 0 Å². The van der Waals surface area contributed by atoms with Crippen LogP contribution in [0.25, 0.3) is 0 Å². The van der Waals surface area contributed by atoms with Gasteiger partial charge >= 0.3 is 0 Å². The van der Waals surface area contributed by atoms with Crippen molar-refractivity contribution in [2.75, 3.05) is 13.2 Å². The van der Waals surface area contributed by atoms with Crippen LogP contribution in [0.1, 0.15) is 50.3 Å². The van der Waals surface area contributed by atoms with Crippen LogP contribution < -0.4 is 0 Å². The molecule has 4 heteroatoms. The third-order valence-electron chi connectivity index (χ3n) is 4.22. The van der Waals surface area contributed by atoms with E-state index in [0.717, 1.165) is 35.4 Å². The minimum absolute atomic E-state index is 0.0741. The Morgan fingerprint density at radius 3 is 2.33 bits per heavy atom. The first-order valence-electron chi connectivity index (χ1n) is 7.62. The zero-order valence-electron chi connectivity index (χ0n) is 13.7. The lowest BCUT2D eigenvalue weighted by Gasteiger charge is -2.25. The first-order valence-corrected chi connectivity index (χ1v) is 8.72. The molecule has 1 aromatic rings. The van der Waals surface area contributed by atoms with Crippen LogP contribution in [0.3, 0.4) is 0 Å². The molecule has 0 bridgehead atoms. The van der Waals surface area contributed by atoms with Gasteiger partial charge in [-0.1, -0.05) is 32.9 Å². The summed E-state index contributed by atoms with van der Waals surface area (Å²) in [6, 6.07) is 4.06. The fourth-order valence-electron chi connectivity index (χ4n) is 2.96. The van der Waals surface area contributed by atoms with Gasteiger partial charge in [0.1, 0.15) is 17.7 Å². The Hall–Kier alpha value is -0.740. The van der Waals surface area contributed by atoms with E-state index in [4.69, 9.17) is 0 Å². The Kier molecular flexibility index (Phi) is 4.89. The van der Waals surface area contributed by atoms with Crippen LogP contribution in [0.5, 0.6) is 0 Å². The van der Waals surface area contributed by atoms with Crippen LogP contribution in [-0.4, -0.2) is 27.8 Å². The number of alkyl halides is 1. The summed E-state index contributed by atoms with van der Waals surface area (Å²) in [5.74, 6) is 0. The van der Waals surface area contributed by atoms with E-state index in [0.29, 0.717) is 0 Å². The van der Waals surface area contributed by atoms with E-state index in [-0.39, 0.29) is 11.5 Å². The Balaban J connectivity index is 2.38. The number of aryl methyl sites for hydroxylation is 2. The minimum Gasteiger partial charge on any atom is -0.249 e. The monoisotopic (exact) mass is 311 g/mol. The van der Waals surface area contributed by atoms with Crippen LogP contribution >= 0.6 is 0 Å². The molecule has 0 radical (unpaired) electrons. The molecule has 1 aliphatic rings. The molecule has 0 aromatic heterocycles. The molecule has 118 valence electrons. The lowest BCUT2D eigenvalue weighted by molar-refractivity contribution is 0.323. The number of benzene rings is 1. The van der Waals surface area contributed by atoms with E-state index in [9.17, 15) is 8.60 Å². The van der Waals surface area contributed by atoms with E-state index in [2.05, 4.69) is 32.9 Å². The SMILES string of the molecule is Cc1cc(C(C)(C)C)cc(C)c1S(=O)N1CCC[C@@H]1CF. The Morgan fingerprint density at radius 2 is 1.86 bits per heavy atom. The summed E-state index contributed by atoms with van der Waals surface area (Å²) >= 11 is 0. The largest absolute Gasteiger partial charge is 0.249 e. The van der Waals surface area contributed by atoms with Gasteiger partial charge in [-0.3, -0.25) is 0 Å². The molecule has 0 aliphatic carbocycles. The Labute approximate surface area is 130 Å². The van der Waals surface area contributed by atoms with Gasteiger partial charge in [0, 0.05) is 6.54 Å². The summed E-state index contributed by atoms with van der Waals surface area (Å²) in [6.45, 7) is 10.9. The number of hydrogen-bond donors (Lipinski definition) is 0. The minimum atomic E-state index is -1.25. The second kappa shape index (κ2) is 6.17. The smallest absolute Gasteiger partial charge is 0.128 e. The van der Waals surface area contributed by atoms with Crippen molar-refractivity contribution in [1.82, 2.24) is 4.31 Å². The van der Waals surface area contributed by atoms with Crippen LogP contribution in [0.4, 0.5) is 4.39 Å². The first kappa shape index (κ1) is 16.6. The van der Waals surface area contributed by atoms with Crippen molar-refractivity contribution >= 4 is 11.0 Å². The van der Waals surface area contributed by atoms with Crippen molar-refractivity contribution in [3.63, 3.8) is 0 Å². The molecule has 2 atom stereocenters. The molecule has 1 aromatic carbocycles. The molecule has 1 aliphatic heterocycles. The van der Waals surface area contributed by atoms with Gasteiger partial charge in [-0.25, -0.2) is 12.9 Å². The summed E-state index contributed by atoms with van der Waals surface area (Å²) in [5.41, 5.74) is 3.41. The molecular formula is C17H26FNOS. The van der Waals surface area contributed by atoms with E-state index < -0.39 is 17.7 Å². The maximum Gasteiger partial charge on any atom is 0.128 e. The molecular weight excluding hydrogens is 285 g/mol. The molecule has 21 heavy (non-hydrogen) atoms. The molecule has 1 unspecified atom stereocenters. The lowest BCUT2D eigenvalue weighted by atomic mass is 9.85. The van der Waals surface area contributed by atoms with Crippen LogP contribution in [-0.2, 0) is 16.4 Å². The summed E-state index contributed by atoms with van der Waals surface area (Å²) < 4.78 is 27.8. The van der Waals surface area contributed by atoms with E-state index >= 15 is 0 Å². The highest BCUT2D eigenvalue weighted by atomic mass is 32.2. The zero-order valence-corrected chi connectivity index (χ0v) is 14.5.